The average molecular weight is 861 g/mol. The van der Waals surface area contributed by atoms with Crippen molar-refractivity contribution in [3.8, 4) is 0 Å². The van der Waals surface area contributed by atoms with Gasteiger partial charge in [0.1, 0.15) is 19.8 Å². The molecule has 4 atom stereocenters. The second-order valence-corrected chi connectivity index (χ2v) is 16.7. The summed E-state index contributed by atoms with van der Waals surface area (Å²) < 4.78 is 34.0. The SMILES string of the molecule is CC/C=C\C/C=C\C/C=C\C/C=C\C/C=C\CCCC(=O)OC[C@H](COP(=O)(O)OCC[N+](C)(C)C)OC(=O)CCC[C@@H](O)[C@H](O)C/C=C\C/C=C\C/C=C\C/C=C\CC. The number of rotatable bonds is 37. The molecule has 0 amide bonds. The molecule has 0 aromatic carbocycles. The number of phosphoric acid groups is 1. The van der Waals surface area contributed by atoms with Gasteiger partial charge in [-0.1, -0.05) is 123 Å². The highest BCUT2D eigenvalue weighted by Gasteiger charge is 2.27. The van der Waals surface area contributed by atoms with Crippen LogP contribution in [0.15, 0.2) is 109 Å². The number of aliphatic hydroxyl groups is 2. The number of esters is 2. The van der Waals surface area contributed by atoms with Crippen molar-refractivity contribution in [1.29, 1.82) is 0 Å². The summed E-state index contributed by atoms with van der Waals surface area (Å²) in [5.74, 6) is -1.17. The topological polar surface area (TPSA) is 149 Å². The lowest BCUT2D eigenvalue weighted by Crippen LogP contribution is -2.37. The Hall–Kier alpha value is -3.41. The fourth-order valence-electron chi connectivity index (χ4n) is 5.02. The molecule has 0 aromatic rings. The van der Waals surface area contributed by atoms with Crippen LogP contribution in [0.2, 0.25) is 0 Å². The molecule has 1 unspecified atom stereocenters. The van der Waals surface area contributed by atoms with E-state index in [2.05, 4.69) is 92.8 Å². The van der Waals surface area contributed by atoms with Crippen molar-refractivity contribution in [1.82, 2.24) is 0 Å². The number of quaternary nitrogens is 1. The van der Waals surface area contributed by atoms with Crippen LogP contribution < -0.4 is 0 Å². The first kappa shape index (κ1) is 56.6. The van der Waals surface area contributed by atoms with Crippen molar-refractivity contribution in [2.45, 2.75) is 135 Å². The van der Waals surface area contributed by atoms with Crippen molar-refractivity contribution in [2.24, 2.45) is 0 Å². The first-order valence-electron chi connectivity index (χ1n) is 21.8. The van der Waals surface area contributed by atoms with Crippen LogP contribution in [0, 0.1) is 0 Å². The summed E-state index contributed by atoms with van der Waals surface area (Å²) in [6, 6.07) is 0. The molecule has 0 radical (unpaired) electrons. The number of hydrogen-bond acceptors (Lipinski definition) is 9. The van der Waals surface area contributed by atoms with Crippen LogP contribution in [0.5, 0.6) is 0 Å². The fraction of sp³-hybridized carbons (Fsp3) is 0.583. The van der Waals surface area contributed by atoms with E-state index in [1.165, 1.54) is 0 Å². The molecule has 11 nitrogen and oxygen atoms in total. The number of phosphoric ester groups is 1. The highest BCUT2D eigenvalue weighted by molar-refractivity contribution is 7.47. The van der Waals surface area contributed by atoms with Crippen molar-refractivity contribution in [2.75, 3.05) is 47.5 Å². The summed E-state index contributed by atoms with van der Waals surface area (Å²) in [6.07, 6.45) is 44.6. The minimum absolute atomic E-state index is 0.0366. The maximum Gasteiger partial charge on any atom is 0.472 e. The van der Waals surface area contributed by atoms with E-state index in [4.69, 9.17) is 18.5 Å². The van der Waals surface area contributed by atoms with Gasteiger partial charge in [0.25, 0.3) is 0 Å². The van der Waals surface area contributed by atoms with Gasteiger partial charge in [-0.3, -0.25) is 18.6 Å². The van der Waals surface area contributed by atoms with Gasteiger partial charge in [-0.25, -0.2) is 4.57 Å². The Morgan fingerprint density at radius 3 is 1.52 bits per heavy atom. The number of ether oxygens (including phenoxy) is 2. The molecule has 0 bridgehead atoms. The molecule has 0 rings (SSSR count). The Morgan fingerprint density at radius 1 is 0.583 bits per heavy atom. The van der Waals surface area contributed by atoms with Crippen LogP contribution in [0.25, 0.3) is 0 Å². The molecule has 0 aliphatic rings. The Kier molecular flexibility index (Phi) is 36.3. The zero-order valence-electron chi connectivity index (χ0n) is 37.4. The third-order valence-electron chi connectivity index (χ3n) is 8.50. The van der Waals surface area contributed by atoms with Gasteiger partial charge in [-0.05, 0) is 89.9 Å². The third-order valence-corrected chi connectivity index (χ3v) is 9.48. The van der Waals surface area contributed by atoms with Crippen molar-refractivity contribution in [3.63, 3.8) is 0 Å². The Morgan fingerprint density at radius 2 is 1.03 bits per heavy atom. The van der Waals surface area contributed by atoms with E-state index in [0.29, 0.717) is 23.9 Å². The lowest BCUT2D eigenvalue weighted by molar-refractivity contribution is -0.870. The minimum Gasteiger partial charge on any atom is -0.462 e. The van der Waals surface area contributed by atoms with E-state index in [-0.39, 0.29) is 45.3 Å². The third kappa shape index (κ3) is 40.0. The van der Waals surface area contributed by atoms with Gasteiger partial charge in [-0.15, -0.1) is 0 Å². The summed E-state index contributed by atoms with van der Waals surface area (Å²) >= 11 is 0. The predicted molar refractivity (Wildman–Crippen MR) is 245 cm³/mol. The summed E-state index contributed by atoms with van der Waals surface area (Å²) in [6.45, 7) is 3.74. The number of nitrogens with zero attached hydrogens (tertiary/aromatic N) is 1. The Bertz CT molecular complexity index is 1420. The van der Waals surface area contributed by atoms with E-state index in [1.807, 2.05) is 51.5 Å². The summed E-state index contributed by atoms with van der Waals surface area (Å²) in [5.41, 5.74) is 0. The highest BCUT2D eigenvalue weighted by Crippen LogP contribution is 2.43. The van der Waals surface area contributed by atoms with E-state index >= 15 is 0 Å². The zero-order chi connectivity index (χ0) is 44.6. The number of carbonyl (C=O) groups is 2. The Labute approximate surface area is 362 Å². The monoisotopic (exact) mass is 861 g/mol. The van der Waals surface area contributed by atoms with Crippen molar-refractivity contribution >= 4 is 19.8 Å². The predicted octanol–water partition coefficient (Wildman–Crippen LogP) is 10.3. The molecule has 60 heavy (non-hydrogen) atoms. The first-order chi connectivity index (χ1) is 28.8. The molecule has 0 aromatic heterocycles. The molecule has 3 N–H and O–H groups in total. The van der Waals surface area contributed by atoms with Gasteiger partial charge in [0.2, 0.25) is 0 Å². The van der Waals surface area contributed by atoms with E-state index in [1.54, 1.807) is 0 Å². The van der Waals surface area contributed by atoms with Crippen molar-refractivity contribution < 1.29 is 52.3 Å². The summed E-state index contributed by atoms with van der Waals surface area (Å²) in [5, 5.41) is 20.8. The molecule has 0 aliphatic carbocycles. The van der Waals surface area contributed by atoms with E-state index in [9.17, 15) is 29.3 Å². The van der Waals surface area contributed by atoms with Crippen LogP contribution >= 0.6 is 7.82 Å². The molecular weight excluding hydrogens is 781 g/mol. The van der Waals surface area contributed by atoms with Gasteiger partial charge in [0, 0.05) is 12.8 Å². The number of carbonyl (C=O) groups excluding carboxylic acids is 2. The normalized spacial score (nSPS) is 15.7. The number of likely N-dealkylation sites (N-methyl/N-ethyl adjacent to an activating group) is 1. The highest BCUT2D eigenvalue weighted by atomic mass is 31.2. The molecular formula is C48H79NO10P+. The number of aliphatic hydroxyl groups excluding tert-OH is 2. The van der Waals surface area contributed by atoms with Crippen LogP contribution in [0.4, 0.5) is 0 Å². The minimum atomic E-state index is -4.48. The molecule has 340 valence electrons. The molecule has 12 heteroatoms. The lowest BCUT2D eigenvalue weighted by atomic mass is 10.0. The second-order valence-electron chi connectivity index (χ2n) is 15.3. The van der Waals surface area contributed by atoms with Gasteiger partial charge >= 0.3 is 19.8 Å². The lowest BCUT2D eigenvalue weighted by Gasteiger charge is -2.24. The maximum absolute atomic E-state index is 12.7. The molecule has 0 spiro atoms. The second kappa shape index (κ2) is 38.5. The van der Waals surface area contributed by atoms with Gasteiger partial charge in [0.05, 0.1) is 40.0 Å². The molecule has 0 saturated heterocycles. The average Bonchev–Trinajstić information content (AvgIpc) is 3.19. The Balaban J connectivity index is 4.73. The van der Waals surface area contributed by atoms with Gasteiger partial charge in [-0.2, -0.15) is 0 Å². The smallest absolute Gasteiger partial charge is 0.462 e. The van der Waals surface area contributed by atoms with Crippen LogP contribution in [-0.2, 0) is 32.7 Å². The maximum atomic E-state index is 12.7. The summed E-state index contributed by atoms with van der Waals surface area (Å²) in [7, 11) is 1.25. The number of allylic oxidation sites excluding steroid dienone is 17. The van der Waals surface area contributed by atoms with Gasteiger partial charge in [0.15, 0.2) is 6.10 Å². The number of unbranched alkanes of at least 4 members (excludes halogenated alkanes) is 1. The molecule has 0 fully saturated rings. The zero-order valence-corrected chi connectivity index (χ0v) is 38.3. The molecule has 0 aliphatic heterocycles. The van der Waals surface area contributed by atoms with Crippen molar-refractivity contribution in [3.05, 3.63) is 109 Å². The molecule has 0 saturated carbocycles. The first-order valence-corrected chi connectivity index (χ1v) is 23.3. The summed E-state index contributed by atoms with van der Waals surface area (Å²) in [4.78, 5) is 35.4. The molecule has 0 heterocycles. The van der Waals surface area contributed by atoms with Gasteiger partial charge < -0.3 is 29.1 Å². The van der Waals surface area contributed by atoms with Crippen LogP contribution in [0.1, 0.15) is 117 Å². The quantitative estimate of drug-likeness (QED) is 0.0181. The fourth-order valence-corrected chi connectivity index (χ4v) is 5.76. The van der Waals surface area contributed by atoms with Crippen LogP contribution in [0.3, 0.4) is 0 Å². The largest absolute Gasteiger partial charge is 0.472 e. The van der Waals surface area contributed by atoms with Crippen LogP contribution in [-0.4, -0.2) is 97.3 Å². The van der Waals surface area contributed by atoms with E-state index in [0.717, 1.165) is 57.8 Å². The van der Waals surface area contributed by atoms with E-state index < -0.39 is 44.7 Å². The standard InChI is InChI=1S/C48H78NO10P/c1-6-8-10-12-14-16-18-20-21-22-23-24-26-28-30-32-34-38-47(52)56-42-44(43-58-60(54,55)57-41-40-49(3,4)5)59-48(53)39-35-37-46(51)45(50)36-33-31-29-27-25-19-17-15-13-11-9-7-2/h8-11,14-17,20-21,23-25,27-28,30-31,33,44-46,50-51H,6-7,12-13,18-19,22,26,29,32,34-43H2,1-5H3/p+1/b10-8-,11-9-,16-14-,17-15-,21-20-,24-23-,27-25-,30-28-,33-31-/t44-,45-,46-/m1/s1. The number of hydrogen-bond donors (Lipinski definition) is 3.